The van der Waals surface area contributed by atoms with E-state index in [1.807, 2.05) is 41.8 Å². The van der Waals surface area contributed by atoms with Crippen molar-refractivity contribution in [2.75, 3.05) is 12.4 Å². The number of anilines is 1. The van der Waals surface area contributed by atoms with E-state index in [0.717, 1.165) is 10.4 Å². The third-order valence-electron chi connectivity index (χ3n) is 3.75. The fourth-order valence-electron chi connectivity index (χ4n) is 2.60. The molecular formula is C18H19N5O3S. The van der Waals surface area contributed by atoms with Crippen molar-refractivity contribution in [3.8, 4) is 17.1 Å². The second kappa shape index (κ2) is 8.45. The van der Waals surface area contributed by atoms with Crippen molar-refractivity contribution >= 4 is 29.1 Å². The Labute approximate surface area is 160 Å². The highest BCUT2D eigenvalue weighted by molar-refractivity contribution is 7.10. The lowest BCUT2D eigenvalue weighted by Crippen LogP contribution is -2.29. The third kappa shape index (κ3) is 4.70. The second-order valence-electron chi connectivity index (χ2n) is 5.73. The van der Waals surface area contributed by atoms with Crippen LogP contribution in [0.4, 0.5) is 5.95 Å². The number of thiophene rings is 1. The number of carbonyl (C=O) groups is 2. The van der Waals surface area contributed by atoms with E-state index in [2.05, 4.69) is 25.8 Å². The maximum atomic E-state index is 12.4. The lowest BCUT2D eigenvalue weighted by molar-refractivity contribution is -0.120. The summed E-state index contributed by atoms with van der Waals surface area (Å²) >= 11 is 1.48. The summed E-state index contributed by atoms with van der Waals surface area (Å²) in [6, 6.07) is 10.7. The Kier molecular flexibility index (Phi) is 5.82. The fraction of sp³-hybridized carbons (Fsp3) is 0.222. The lowest BCUT2D eigenvalue weighted by Gasteiger charge is -2.15. The number of amides is 2. The van der Waals surface area contributed by atoms with Crippen molar-refractivity contribution in [2.45, 2.75) is 19.4 Å². The van der Waals surface area contributed by atoms with Gasteiger partial charge in [0.05, 0.1) is 25.1 Å². The fourth-order valence-corrected chi connectivity index (χ4v) is 3.38. The summed E-state index contributed by atoms with van der Waals surface area (Å²) in [6.07, 6.45) is 0.0820. The van der Waals surface area contributed by atoms with E-state index < -0.39 is 6.04 Å². The van der Waals surface area contributed by atoms with E-state index >= 15 is 0 Å². The van der Waals surface area contributed by atoms with E-state index in [4.69, 9.17) is 4.74 Å². The van der Waals surface area contributed by atoms with Crippen LogP contribution in [0.5, 0.6) is 5.75 Å². The minimum Gasteiger partial charge on any atom is -0.496 e. The van der Waals surface area contributed by atoms with Gasteiger partial charge in [0.1, 0.15) is 5.75 Å². The Morgan fingerprint density at radius 3 is 2.78 bits per heavy atom. The molecule has 140 valence electrons. The summed E-state index contributed by atoms with van der Waals surface area (Å²) in [5.74, 6) is 0.799. The summed E-state index contributed by atoms with van der Waals surface area (Å²) in [5, 5.41) is 14.2. The van der Waals surface area contributed by atoms with Crippen molar-refractivity contribution < 1.29 is 14.3 Å². The van der Waals surface area contributed by atoms with Gasteiger partial charge < -0.3 is 10.1 Å². The van der Waals surface area contributed by atoms with Gasteiger partial charge in [0.2, 0.25) is 17.8 Å². The minimum absolute atomic E-state index is 0.0820. The molecule has 0 bridgehead atoms. The highest BCUT2D eigenvalue weighted by Gasteiger charge is 2.19. The zero-order valence-electron chi connectivity index (χ0n) is 14.9. The Morgan fingerprint density at radius 1 is 1.26 bits per heavy atom. The van der Waals surface area contributed by atoms with Crippen molar-refractivity contribution in [1.82, 2.24) is 20.5 Å². The summed E-state index contributed by atoms with van der Waals surface area (Å²) in [4.78, 5) is 29.0. The molecular weight excluding hydrogens is 366 g/mol. The van der Waals surface area contributed by atoms with Gasteiger partial charge in [-0.05, 0) is 23.6 Å². The zero-order valence-corrected chi connectivity index (χ0v) is 15.7. The number of rotatable bonds is 7. The summed E-state index contributed by atoms with van der Waals surface area (Å²) in [5.41, 5.74) is 0.739. The number of carbonyl (C=O) groups excluding carboxylic acids is 2. The molecule has 3 aromatic rings. The number of nitrogens with zero attached hydrogens (tertiary/aromatic N) is 2. The number of nitrogens with one attached hydrogen (secondary N) is 3. The summed E-state index contributed by atoms with van der Waals surface area (Å²) in [6.45, 7) is 1.42. The SMILES string of the molecule is COc1ccccc1-c1nc(NC(=O)CC(NC(C)=O)c2cccs2)n[nH]1. The normalized spacial score (nSPS) is 11.6. The molecule has 2 heterocycles. The van der Waals surface area contributed by atoms with E-state index in [0.29, 0.717) is 11.6 Å². The van der Waals surface area contributed by atoms with Crippen LogP contribution >= 0.6 is 11.3 Å². The topological polar surface area (TPSA) is 109 Å². The molecule has 0 saturated heterocycles. The Balaban J connectivity index is 1.69. The number of hydrogen-bond donors (Lipinski definition) is 3. The highest BCUT2D eigenvalue weighted by Crippen LogP contribution is 2.27. The van der Waals surface area contributed by atoms with Gasteiger partial charge in [-0.2, -0.15) is 4.98 Å². The van der Waals surface area contributed by atoms with Crippen molar-refractivity contribution in [2.24, 2.45) is 0 Å². The summed E-state index contributed by atoms with van der Waals surface area (Å²) < 4.78 is 5.31. The standard InChI is InChI=1S/C18H19N5O3S/c1-11(24)19-13(15-8-5-9-27-15)10-16(25)20-18-21-17(22-23-18)12-6-3-4-7-14(12)26-2/h3-9,13H,10H2,1-2H3,(H,19,24)(H2,20,21,22,23,25). The molecule has 0 saturated carbocycles. The van der Waals surface area contributed by atoms with Crippen LogP contribution in [0.3, 0.4) is 0 Å². The highest BCUT2D eigenvalue weighted by atomic mass is 32.1. The molecule has 0 radical (unpaired) electrons. The first-order valence-corrected chi connectivity index (χ1v) is 9.11. The zero-order chi connectivity index (χ0) is 19.2. The van der Waals surface area contributed by atoms with Gasteiger partial charge in [0, 0.05) is 11.8 Å². The number of hydrogen-bond acceptors (Lipinski definition) is 6. The Morgan fingerprint density at radius 2 is 2.07 bits per heavy atom. The van der Waals surface area contributed by atoms with E-state index in [9.17, 15) is 9.59 Å². The molecule has 0 fully saturated rings. The molecule has 0 spiro atoms. The smallest absolute Gasteiger partial charge is 0.249 e. The molecule has 2 aromatic heterocycles. The number of para-hydroxylation sites is 1. The van der Waals surface area contributed by atoms with Gasteiger partial charge in [0.15, 0.2) is 5.82 Å². The summed E-state index contributed by atoms with van der Waals surface area (Å²) in [7, 11) is 1.57. The van der Waals surface area contributed by atoms with Crippen LogP contribution in [0.1, 0.15) is 24.3 Å². The number of H-pyrrole nitrogens is 1. The van der Waals surface area contributed by atoms with Crippen LogP contribution in [0.2, 0.25) is 0 Å². The first-order valence-electron chi connectivity index (χ1n) is 8.23. The molecule has 0 aliphatic heterocycles. The maximum Gasteiger partial charge on any atom is 0.249 e. The first kappa shape index (κ1) is 18.6. The average molecular weight is 385 g/mol. The molecule has 27 heavy (non-hydrogen) atoms. The van der Waals surface area contributed by atoms with Gasteiger partial charge >= 0.3 is 0 Å². The minimum atomic E-state index is -0.393. The number of benzene rings is 1. The number of ether oxygens (including phenoxy) is 1. The molecule has 0 aliphatic carbocycles. The van der Waals surface area contributed by atoms with Crippen LogP contribution in [-0.2, 0) is 9.59 Å². The molecule has 1 atom stereocenters. The van der Waals surface area contributed by atoms with E-state index in [1.165, 1.54) is 18.3 Å². The maximum absolute atomic E-state index is 12.4. The molecule has 9 heteroatoms. The average Bonchev–Trinajstić information content (AvgIpc) is 3.32. The number of aromatic nitrogens is 3. The lowest BCUT2D eigenvalue weighted by atomic mass is 10.1. The predicted octanol–water partition coefficient (Wildman–Crippen LogP) is 2.75. The van der Waals surface area contributed by atoms with Crippen LogP contribution < -0.4 is 15.4 Å². The quantitative estimate of drug-likeness (QED) is 0.579. The van der Waals surface area contributed by atoms with Gasteiger partial charge in [-0.25, -0.2) is 0 Å². The molecule has 1 aromatic carbocycles. The third-order valence-corrected chi connectivity index (χ3v) is 4.74. The Hall–Kier alpha value is -3.20. The largest absolute Gasteiger partial charge is 0.496 e. The van der Waals surface area contributed by atoms with E-state index in [1.54, 1.807) is 7.11 Å². The molecule has 0 aliphatic rings. The predicted molar refractivity (Wildman–Crippen MR) is 102 cm³/mol. The van der Waals surface area contributed by atoms with Gasteiger partial charge in [-0.15, -0.1) is 16.4 Å². The Bertz CT molecular complexity index is 923. The van der Waals surface area contributed by atoms with Crippen LogP contribution in [0.15, 0.2) is 41.8 Å². The number of aromatic amines is 1. The second-order valence-corrected chi connectivity index (χ2v) is 6.71. The van der Waals surface area contributed by atoms with Crippen LogP contribution in [0, 0.1) is 0 Å². The molecule has 3 rings (SSSR count). The van der Waals surface area contributed by atoms with Gasteiger partial charge in [-0.3, -0.25) is 20.0 Å². The van der Waals surface area contributed by atoms with Crippen molar-refractivity contribution in [3.05, 3.63) is 46.7 Å². The van der Waals surface area contributed by atoms with Gasteiger partial charge in [-0.1, -0.05) is 18.2 Å². The van der Waals surface area contributed by atoms with Crippen LogP contribution in [0.25, 0.3) is 11.4 Å². The first-order chi connectivity index (χ1) is 13.1. The van der Waals surface area contributed by atoms with Crippen molar-refractivity contribution in [1.29, 1.82) is 0 Å². The van der Waals surface area contributed by atoms with E-state index in [-0.39, 0.29) is 24.2 Å². The monoisotopic (exact) mass is 385 g/mol. The van der Waals surface area contributed by atoms with Crippen LogP contribution in [-0.4, -0.2) is 34.1 Å². The molecule has 2 amide bonds. The van der Waals surface area contributed by atoms with Crippen molar-refractivity contribution in [3.63, 3.8) is 0 Å². The molecule has 3 N–H and O–H groups in total. The van der Waals surface area contributed by atoms with Gasteiger partial charge in [0.25, 0.3) is 0 Å². The molecule has 1 unspecified atom stereocenters. The molecule has 8 nitrogen and oxygen atoms in total. The number of methoxy groups -OCH3 is 1.